The molecule has 0 fully saturated rings. The lowest BCUT2D eigenvalue weighted by molar-refractivity contribution is -0.119. The summed E-state index contributed by atoms with van der Waals surface area (Å²) in [6.07, 6.45) is 0. The van der Waals surface area contributed by atoms with Gasteiger partial charge in [-0.05, 0) is 24.1 Å². The van der Waals surface area contributed by atoms with Crippen LogP contribution in [0.1, 0.15) is 13.8 Å². The number of ether oxygens (including phenoxy) is 1. The highest BCUT2D eigenvalue weighted by Gasteiger charge is 2.06. The van der Waals surface area contributed by atoms with Gasteiger partial charge in [0, 0.05) is 11.6 Å². The summed E-state index contributed by atoms with van der Waals surface area (Å²) >= 11 is 5.90. The largest absolute Gasteiger partial charge is 0.495 e. The highest BCUT2D eigenvalue weighted by Crippen LogP contribution is 2.27. The van der Waals surface area contributed by atoms with Crippen molar-refractivity contribution < 1.29 is 9.53 Å². The lowest BCUT2D eigenvalue weighted by Crippen LogP contribution is -2.32. The molecular weight excluding hydrogens is 252 g/mol. The van der Waals surface area contributed by atoms with Gasteiger partial charge in [-0.3, -0.25) is 4.79 Å². The van der Waals surface area contributed by atoms with Crippen molar-refractivity contribution in [3.63, 3.8) is 0 Å². The molecule has 0 radical (unpaired) electrons. The van der Waals surface area contributed by atoms with Crippen LogP contribution in [0.2, 0.25) is 5.02 Å². The van der Waals surface area contributed by atoms with Crippen molar-refractivity contribution in [3.8, 4) is 5.75 Å². The smallest absolute Gasteiger partial charge is 0.239 e. The third kappa shape index (κ3) is 4.84. The van der Waals surface area contributed by atoms with Gasteiger partial charge in [0.2, 0.25) is 5.91 Å². The Bertz CT molecular complexity index is 408. The van der Waals surface area contributed by atoms with Crippen molar-refractivity contribution in [2.45, 2.75) is 13.8 Å². The average molecular weight is 271 g/mol. The Morgan fingerprint density at radius 3 is 2.78 bits per heavy atom. The van der Waals surface area contributed by atoms with Crippen LogP contribution >= 0.6 is 11.6 Å². The summed E-state index contributed by atoms with van der Waals surface area (Å²) in [4.78, 5) is 11.6. The van der Waals surface area contributed by atoms with E-state index < -0.39 is 0 Å². The number of nitrogens with one attached hydrogen (secondary N) is 2. The lowest BCUT2D eigenvalue weighted by Gasteiger charge is -2.12. The highest BCUT2D eigenvalue weighted by atomic mass is 35.5. The van der Waals surface area contributed by atoms with Gasteiger partial charge in [0.1, 0.15) is 5.75 Å². The van der Waals surface area contributed by atoms with Crippen molar-refractivity contribution >= 4 is 23.2 Å². The van der Waals surface area contributed by atoms with E-state index >= 15 is 0 Å². The number of anilines is 1. The second kappa shape index (κ2) is 7.11. The van der Waals surface area contributed by atoms with Gasteiger partial charge in [-0.1, -0.05) is 25.4 Å². The first-order valence-electron chi connectivity index (χ1n) is 5.87. The van der Waals surface area contributed by atoms with Crippen LogP contribution in [0.5, 0.6) is 5.75 Å². The fourth-order valence-electron chi connectivity index (χ4n) is 1.37. The van der Waals surface area contributed by atoms with Crippen LogP contribution in [-0.2, 0) is 4.79 Å². The maximum atomic E-state index is 11.6. The second-order valence-electron chi connectivity index (χ2n) is 4.40. The van der Waals surface area contributed by atoms with Gasteiger partial charge in [0.25, 0.3) is 0 Å². The Labute approximate surface area is 113 Å². The first-order chi connectivity index (χ1) is 8.52. The topological polar surface area (TPSA) is 50.4 Å². The first kappa shape index (κ1) is 14.6. The Kier molecular flexibility index (Phi) is 5.78. The zero-order valence-electron chi connectivity index (χ0n) is 10.9. The molecule has 0 saturated carbocycles. The molecule has 5 heteroatoms. The molecule has 4 nitrogen and oxygen atoms in total. The number of amides is 1. The summed E-state index contributed by atoms with van der Waals surface area (Å²) in [6.45, 7) is 4.97. The highest BCUT2D eigenvalue weighted by molar-refractivity contribution is 6.30. The van der Waals surface area contributed by atoms with Gasteiger partial charge < -0.3 is 15.4 Å². The quantitative estimate of drug-likeness (QED) is 0.835. The maximum Gasteiger partial charge on any atom is 0.239 e. The van der Waals surface area contributed by atoms with Gasteiger partial charge in [-0.15, -0.1) is 0 Å². The molecule has 100 valence electrons. The zero-order valence-corrected chi connectivity index (χ0v) is 11.7. The molecule has 0 atom stereocenters. The second-order valence-corrected chi connectivity index (χ2v) is 4.83. The molecule has 1 aromatic carbocycles. The number of benzene rings is 1. The van der Waals surface area contributed by atoms with Crippen LogP contribution in [-0.4, -0.2) is 26.1 Å². The molecule has 0 heterocycles. The summed E-state index contributed by atoms with van der Waals surface area (Å²) in [6, 6.07) is 5.23. The van der Waals surface area contributed by atoms with Gasteiger partial charge in [-0.2, -0.15) is 0 Å². The van der Waals surface area contributed by atoms with E-state index in [0.29, 0.717) is 28.9 Å². The molecular formula is C13H19ClN2O2. The average Bonchev–Trinajstić information content (AvgIpc) is 2.34. The number of carbonyl (C=O) groups is 1. The third-order valence-corrected chi connectivity index (χ3v) is 2.54. The molecule has 0 spiro atoms. The normalized spacial score (nSPS) is 10.3. The fraction of sp³-hybridized carbons (Fsp3) is 0.462. The van der Waals surface area contributed by atoms with E-state index in [2.05, 4.69) is 10.6 Å². The van der Waals surface area contributed by atoms with Crippen LogP contribution < -0.4 is 15.4 Å². The van der Waals surface area contributed by atoms with E-state index in [9.17, 15) is 4.79 Å². The molecule has 0 aliphatic heterocycles. The van der Waals surface area contributed by atoms with Gasteiger partial charge in [0.15, 0.2) is 0 Å². The minimum Gasteiger partial charge on any atom is -0.495 e. The first-order valence-corrected chi connectivity index (χ1v) is 6.25. The van der Waals surface area contributed by atoms with Crippen molar-refractivity contribution in [2.24, 2.45) is 5.92 Å². The van der Waals surface area contributed by atoms with Gasteiger partial charge in [-0.25, -0.2) is 0 Å². The van der Waals surface area contributed by atoms with Crippen LogP contribution in [0.15, 0.2) is 18.2 Å². The predicted molar refractivity (Wildman–Crippen MR) is 74.3 cm³/mol. The van der Waals surface area contributed by atoms with Crippen molar-refractivity contribution in [1.29, 1.82) is 0 Å². The molecule has 18 heavy (non-hydrogen) atoms. The van der Waals surface area contributed by atoms with Crippen LogP contribution in [0.25, 0.3) is 0 Å². The molecule has 0 aliphatic rings. The zero-order chi connectivity index (χ0) is 13.5. The Morgan fingerprint density at radius 2 is 2.17 bits per heavy atom. The predicted octanol–water partition coefficient (Wildman–Crippen LogP) is 2.53. The van der Waals surface area contributed by atoms with E-state index in [1.54, 1.807) is 25.3 Å². The number of rotatable bonds is 6. The molecule has 0 bridgehead atoms. The molecule has 1 amide bonds. The molecule has 0 aromatic heterocycles. The number of hydrogen-bond acceptors (Lipinski definition) is 3. The summed E-state index contributed by atoms with van der Waals surface area (Å²) in [5, 5.41) is 6.43. The molecule has 2 N–H and O–H groups in total. The van der Waals surface area contributed by atoms with E-state index in [1.807, 2.05) is 13.8 Å². The van der Waals surface area contributed by atoms with E-state index in [1.165, 1.54) is 0 Å². The lowest BCUT2D eigenvalue weighted by atomic mass is 10.2. The van der Waals surface area contributed by atoms with Crippen LogP contribution in [0.4, 0.5) is 5.69 Å². The van der Waals surface area contributed by atoms with Gasteiger partial charge in [0.05, 0.1) is 19.3 Å². The SMILES string of the molecule is COc1ccc(Cl)cc1NCC(=O)NCC(C)C. The number of halogens is 1. The Balaban J connectivity index is 2.52. The van der Waals surface area contributed by atoms with E-state index in [4.69, 9.17) is 16.3 Å². The molecule has 0 unspecified atom stereocenters. The van der Waals surface area contributed by atoms with E-state index in [0.717, 1.165) is 0 Å². The van der Waals surface area contributed by atoms with Crippen LogP contribution in [0.3, 0.4) is 0 Å². The van der Waals surface area contributed by atoms with Crippen molar-refractivity contribution in [2.75, 3.05) is 25.5 Å². The number of methoxy groups -OCH3 is 1. The number of hydrogen-bond donors (Lipinski definition) is 2. The Morgan fingerprint density at radius 1 is 1.44 bits per heavy atom. The van der Waals surface area contributed by atoms with Crippen LogP contribution in [0, 0.1) is 5.92 Å². The summed E-state index contributed by atoms with van der Waals surface area (Å²) < 4.78 is 5.18. The summed E-state index contributed by atoms with van der Waals surface area (Å²) in [7, 11) is 1.58. The number of carbonyl (C=O) groups excluding carboxylic acids is 1. The standard InChI is InChI=1S/C13H19ClN2O2/c1-9(2)7-16-13(17)8-15-11-6-10(14)4-5-12(11)18-3/h4-6,9,15H,7-8H2,1-3H3,(H,16,17). The summed E-state index contributed by atoms with van der Waals surface area (Å²) in [5.74, 6) is 1.05. The van der Waals surface area contributed by atoms with Gasteiger partial charge >= 0.3 is 0 Å². The van der Waals surface area contributed by atoms with E-state index in [-0.39, 0.29) is 12.5 Å². The molecule has 0 saturated heterocycles. The van der Waals surface area contributed by atoms with Crippen molar-refractivity contribution in [1.82, 2.24) is 5.32 Å². The molecule has 1 aromatic rings. The molecule has 1 rings (SSSR count). The summed E-state index contributed by atoms with van der Waals surface area (Å²) in [5.41, 5.74) is 0.713. The molecule has 0 aliphatic carbocycles. The minimum atomic E-state index is -0.0503. The third-order valence-electron chi connectivity index (χ3n) is 2.31. The van der Waals surface area contributed by atoms with Crippen molar-refractivity contribution in [3.05, 3.63) is 23.2 Å². The monoisotopic (exact) mass is 270 g/mol. The maximum absolute atomic E-state index is 11.6. The Hall–Kier alpha value is -1.42. The minimum absolute atomic E-state index is 0.0503. The fourth-order valence-corrected chi connectivity index (χ4v) is 1.55.